The predicted molar refractivity (Wildman–Crippen MR) is 363 cm³/mol. The van der Waals surface area contributed by atoms with Crippen LogP contribution in [0.4, 0.5) is 5.69 Å². The van der Waals surface area contributed by atoms with Gasteiger partial charge in [-0.2, -0.15) is 11.4 Å². The summed E-state index contributed by atoms with van der Waals surface area (Å²) >= 11 is 13.7. The molecule has 0 spiro atoms. The van der Waals surface area contributed by atoms with Crippen LogP contribution in [0.15, 0.2) is 153 Å². The molecular weight excluding hydrogens is 1330 g/mol. The van der Waals surface area contributed by atoms with Crippen LogP contribution in [0.3, 0.4) is 0 Å². The summed E-state index contributed by atoms with van der Waals surface area (Å²) in [5.74, 6) is 1.25. The van der Waals surface area contributed by atoms with Crippen molar-refractivity contribution in [2.45, 2.75) is 184 Å². The Morgan fingerprint density at radius 1 is 0.650 bits per heavy atom. The Hall–Kier alpha value is -3.52. The first-order valence-electron chi connectivity index (χ1n) is 28.5. The van der Waals surface area contributed by atoms with E-state index < -0.39 is 17.9 Å². The summed E-state index contributed by atoms with van der Waals surface area (Å²) in [5, 5.41) is 13.3. The van der Waals surface area contributed by atoms with Crippen LogP contribution >= 0.6 is 63.7 Å². The average Bonchev–Trinajstić information content (AvgIpc) is 3.86. The van der Waals surface area contributed by atoms with Crippen LogP contribution < -0.4 is 9.72 Å². The molecule has 0 amide bonds. The van der Waals surface area contributed by atoms with Gasteiger partial charge in [-0.15, -0.1) is 6.58 Å². The summed E-state index contributed by atoms with van der Waals surface area (Å²) in [4.78, 5) is 4.11. The van der Waals surface area contributed by atoms with Crippen molar-refractivity contribution < 1.29 is 27.8 Å². The Kier molecular flexibility index (Phi) is 38.4. The van der Waals surface area contributed by atoms with Crippen LogP contribution in [0.1, 0.15) is 174 Å². The Morgan fingerprint density at radius 2 is 1.18 bits per heavy atom. The quantitative estimate of drug-likeness (QED) is 0.0307. The van der Waals surface area contributed by atoms with E-state index in [0.29, 0.717) is 5.75 Å². The number of fused-ring (bicyclic) bond motifs is 2. The van der Waals surface area contributed by atoms with E-state index in [1.54, 1.807) is 0 Å². The number of halogens is 4. The summed E-state index contributed by atoms with van der Waals surface area (Å²) < 4.78 is 14.2. The molecule has 1 aromatic heterocycles. The molecule has 6 aromatic rings. The predicted octanol–water partition coefficient (Wildman–Crippen LogP) is 23.2. The summed E-state index contributed by atoms with van der Waals surface area (Å²) in [6.45, 7) is 24.1. The number of hydrogen-bond donors (Lipinski definition) is 1. The van der Waals surface area contributed by atoms with Crippen LogP contribution in [0.2, 0.25) is 0 Å². The van der Waals surface area contributed by atoms with Crippen molar-refractivity contribution in [1.82, 2.24) is 4.98 Å². The zero-order valence-corrected chi connectivity index (χ0v) is 57.3. The average molecular weight is 1420 g/mol. The number of benzene rings is 5. The number of hydrogen-bond acceptors (Lipinski definition) is 3. The fourth-order valence-electron chi connectivity index (χ4n) is 9.18. The van der Waals surface area contributed by atoms with Crippen molar-refractivity contribution in [3.8, 4) is 22.6 Å². The zero-order chi connectivity index (χ0) is 57.8. The molecule has 8 rings (SSSR count). The molecule has 0 unspecified atom stereocenters. The molecule has 1 N–H and O–H groups in total. The van der Waals surface area contributed by atoms with E-state index in [2.05, 4.69) is 200 Å². The molecule has 5 aromatic carbocycles. The Balaban J connectivity index is 0.000000348. The standard InChI is InChI=1S/C21H22Br2O.C10H12.C9H17Br.C9H10O.C8H15Br.C7H7N.C6H8N.CH4.Mo/c1-12-17(22)10-13-6-2-4-8-15(13)19(12)20-16-9-5-3-7-14(16)11-18(23)21(20)24;1-10(2,3)9-7-5-4-6-8-9;1-2-3-4-5-6-7-8-9-10;1-3-10-9-6-4-8(2)5-7-9;1-2-3-4-5-6-7-8-9;1-6-4-2-3-5-7(6)8;1-5-3-4-6(2)7-5;;/h10-11,24H,2-9H2,1H3;1,4-8H,2-3H3;2-3H,4-9H2,1H3;3-7H,1H2,2H3;2H,1,3-8H2;2-5H,1H3;3-4H,1-2H3;1H4;/q;;;;;;-1;;/b;;3-2-;;;;;;. The Morgan fingerprint density at radius 3 is 1.70 bits per heavy atom. The van der Waals surface area contributed by atoms with Crippen molar-refractivity contribution in [2.75, 3.05) is 10.7 Å². The van der Waals surface area contributed by atoms with Crippen LogP contribution in [-0.4, -0.2) is 20.2 Å². The Bertz CT molecular complexity index is 2700. The van der Waals surface area contributed by atoms with Gasteiger partial charge in [0.05, 0.1) is 10.7 Å². The van der Waals surface area contributed by atoms with Crippen LogP contribution in [0.25, 0.3) is 11.1 Å². The van der Waals surface area contributed by atoms with Crippen molar-refractivity contribution in [2.24, 2.45) is 3.50 Å². The van der Waals surface area contributed by atoms with Gasteiger partial charge in [-0.3, -0.25) is 0 Å². The fourth-order valence-corrected chi connectivity index (χ4v) is 12.8. The van der Waals surface area contributed by atoms with E-state index in [4.69, 9.17) is 8.23 Å². The molecule has 4 nitrogen and oxygen atoms in total. The molecule has 0 bridgehead atoms. The molecule has 80 heavy (non-hydrogen) atoms. The third-order valence-electron chi connectivity index (χ3n) is 13.7. The van der Waals surface area contributed by atoms with Crippen LogP contribution in [-0.2, 0) is 49.0 Å². The third-order valence-corrected chi connectivity index (χ3v) is 18.7. The van der Waals surface area contributed by atoms with Gasteiger partial charge in [-0.1, -0.05) is 149 Å². The van der Waals surface area contributed by atoms with Gasteiger partial charge in [0.25, 0.3) is 0 Å². The second-order valence-corrected chi connectivity index (χ2v) is 25.6. The topological polar surface area (TPSA) is 55.9 Å². The van der Waals surface area contributed by atoms with E-state index in [0.717, 1.165) is 69.2 Å². The minimum atomic E-state index is -0.473. The summed E-state index contributed by atoms with van der Waals surface area (Å²) in [6.07, 6.45) is 30.5. The van der Waals surface area contributed by atoms with Gasteiger partial charge < -0.3 is 14.8 Å². The van der Waals surface area contributed by atoms with Crippen molar-refractivity contribution in [1.29, 1.82) is 0 Å². The molecule has 0 aliphatic heterocycles. The van der Waals surface area contributed by atoms with E-state index >= 15 is 0 Å². The van der Waals surface area contributed by atoms with Gasteiger partial charge in [-0.05, 0) is 184 Å². The number of phenols is 1. The third kappa shape index (κ3) is 27.2. The monoisotopic (exact) mass is 1420 g/mol. The first kappa shape index (κ1) is 72.6. The van der Waals surface area contributed by atoms with E-state index in [1.807, 2.05) is 63.2 Å². The number of rotatable bonds is 18. The molecule has 2 aliphatic rings. The number of phenolic OH excluding ortho intramolecular Hbond substituents is 1. The molecule has 0 saturated heterocycles. The molecule has 9 heteroatoms. The zero-order valence-electron chi connectivity index (χ0n) is 48.9. The molecule has 0 saturated carbocycles. The van der Waals surface area contributed by atoms with Gasteiger partial charge in [-0.25, -0.2) is 0 Å². The summed E-state index contributed by atoms with van der Waals surface area (Å²) in [6, 6.07) is 35.3. The van der Waals surface area contributed by atoms with Gasteiger partial charge in [0.15, 0.2) is 0 Å². The minimum absolute atomic E-state index is 0. The van der Waals surface area contributed by atoms with Gasteiger partial charge in [0, 0.05) is 20.7 Å². The van der Waals surface area contributed by atoms with E-state index in [-0.39, 0.29) is 12.8 Å². The molecule has 2 aliphatic carbocycles. The van der Waals surface area contributed by atoms with Crippen LogP contribution in [0.5, 0.6) is 11.5 Å². The molecular formula is C71H95Br4MoN2O2-. The number of aromatic hydroxyl groups is 1. The van der Waals surface area contributed by atoms with Gasteiger partial charge >= 0.3 is 123 Å². The Labute approximate surface area is 528 Å². The number of aryl methyl sites for hydroxylation is 6. The molecule has 436 valence electrons. The number of ether oxygens (including phenoxy) is 1. The first-order chi connectivity index (χ1) is 38.1. The van der Waals surface area contributed by atoms with E-state index in [9.17, 15) is 5.11 Å². The molecule has 0 atom stereocenters. The maximum atomic E-state index is 11.0. The SMILES string of the molecule is C.C/C=C\CCCCCCBr.C=CCCCCCCBr.C=COc1ccc(C)cc1.Cc1c(Br)cc2c(c1-c1c(O)c(Br)cc3c1CCCC3)CCCC2.Cc1ccc(C)[n-]1.Cc1ccccc1[N]=[Mo]=[CH]C(C)(C)c1ccccc1. The second-order valence-electron chi connectivity index (χ2n) is 20.8. The van der Waals surface area contributed by atoms with E-state index in [1.165, 1.54) is 151 Å². The first-order valence-corrected chi connectivity index (χ1v) is 34.4. The van der Waals surface area contributed by atoms with Gasteiger partial charge in [0.2, 0.25) is 0 Å². The number of aromatic nitrogens is 1. The number of unbranched alkanes of at least 4 members (excludes halogenated alkanes) is 8. The normalized spacial score (nSPS) is 11.9. The van der Waals surface area contributed by atoms with Crippen molar-refractivity contribution in [3.05, 3.63) is 206 Å². The maximum absolute atomic E-state index is 11.0. The molecule has 1 heterocycles. The second kappa shape index (κ2) is 42.3. The molecule has 0 fully saturated rings. The number of alkyl halides is 2. The number of nitrogens with zero attached hydrogens (tertiary/aromatic N) is 2. The fraction of sp³-hybridized carbons (Fsp3) is 0.423. The van der Waals surface area contributed by atoms with Crippen molar-refractivity contribution >= 4 is 73.8 Å². The number of allylic oxidation sites excluding steroid dienone is 3. The molecule has 0 radical (unpaired) electrons. The van der Waals surface area contributed by atoms with Crippen LogP contribution in [0, 0.1) is 34.6 Å². The van der Waals surface area contributed by atoms with Crippen molar-refractivity contribution in [3.63, 3.8) is 0 Å². The van der Waals surface area contributed by atoms with Gasteiger partial charge in [0.1, 0.15) is 11.5 Å². The summed E-state index contributed by atoms with van der Waals surface area (Å²) in [7, 11) is 0. The summed E-state index contributed by atoms with van der Waals surface area (Å²) in [5.41, 5.74) is 16.7.